The van der Waals surface area contributed by atoms with Crippen molar-refractivity contribution in [3.63, 3.8) is 0 Å². The van der Waals surface area contributed by atoms with E-state index in [2.05, 4.69) is 5.32 Å². The van der Waals surface area contributed by atoms with Crippen LogP contribution in [-0.4, -0.2) is 21.8 Å². The van der Waals surface area contributed by atoms with Crippen LogP contribution in [0.25, 0.3) is 10.9 Å². The van der Waals surface area contributed by atoms with Crippen LogP contribution < -0.4 is 5.32 Å². The molecule has 1 aliphatic rings. The van der Waals surface area contributed by atoms with E-state index in [-0.39, 0.29) is 27.7 Å². The van der Waals surface area contributed by atoms with Crippen molar-refractivity contribution in [2.45, 2.75) is 13.0 Å². The average Bonchev–Trinajstić information content (AvgIpc) is 2.97. The van der Waals surface area contributed by atoms with Crippen molar-refractivity contribution in [1.82, 2.24) is 4.57 Å². The number of carbonyl (C=O) groups excluding carboxylic acids is 1. The van der Waals surface area contributed by atoms with E-state index in [9.17, 15) is 23.7 Å². The molecule has 4 rings (SSSR count). The van der Waals surface area contributed by atoms with Crippen LogP contribution in [0.2, 0.25) is 0 Å². The first-order valence-electron chi connectivity index (χ1n) is 8.02. The standard InChI is InChI=1S/C18H13F2N3O3/c19-11-4-2-10(3-5-11)17(24)15-14-13(23(25)26)7-6-12(20)16(14)22-9-1-8-21-18(15)22/h2-7,21H,1,8-9H2. The zero-order chi connectivity index (χ0) is 18.4. The summed E-state index contributed by atoms with van der Waals surface area (Å²) in [6, 6.07) is 6.99. The summed E-state index contributed by atoms with van der Waals surface area (Å²) in [5.74, 6) is -1.30. The molecule has 0 unspecified atom stereocenters. The van der Waals surface area contributed by atoms with Crippen molar-refractivity contribution in [2.75, 3.05) is 11.9 Å². The van der Waals surface area contributed by atoms with Gasteiger partial charge in [0.15, 0.2) is 5.78 Å². The van der Waals surface area contributed by atoms with Crippen molar-refractivity contribution < 1.29 is 18.5 Å². The number of nitro benzene ring substituents is 1. The van der Waals surface area contributed by atoms with Gasteiger partial charge in [-0.2, -0.15) is 0 Å². The monoisotopic (exact) mass is 357 g/mol. The van der Waals surface area contributed by atoms with Gasteiger partial charge < -0.3 is 9.88 Å². The number of hydrogen-bond donors (Lipinski definition) is 1. The quantitative estimate of drug-likeness (QED) is 0.438. The van der Waals surface area contributed by atoms with E-state index in [4.69, 9.17) is 0 Å². The highest BCUT2D eigenvalue weighted by Crippen LogP contribution is 2.40. The van der Waals surface area contributed by atoms with Gasteiger partial charge in [-0.05, 0) is 36.8 Å². The molecule has 0 aliphatic carbocycles. The summed E-state index contributed by atoms with van der Waals surface area (Å²) < 4.78 is 29.3. The second kappa shape index (κ2) is 5.91. The number of rotatable bonds is 3. The normalized spacial score (nSPS) is 13.3. The fourth-order valence-corrected chi connectivity index (χ4v) is 3.40. The third-order valence-corrected chi connectivity index (χ3v) is 4.51. The summed E-state index contributed by atoms with van der Waals surface area (Å²) in [6.07, 6.45) is 0.698. The minimum absolute atomic E-state index is 0.0336. The molecule has 0 fully saturated rings. The first kappa shape index (κ1) is 16.2. The van der Waals surface area contributed by atoms with Crippen molar-refractivity contribution in [2.24, 2.45) is 0 Å². The van der Waals surface area contributed by atoms with Gasteiger partial charge in [-0.25, -0.2) is 8.78 Å². The number of hydrogen-bond acceptors (Lipinski definition) is 4. The van der Waals surface area contributed by atoms with Gasteiger partial charge in [0, 0.05) is 24.7 Å². The molecule has 132 valence electrons. The summed E-state index contributed by atoms with van der Waals surface area (Å²) in [7, 11) is 0. The molecule has 2 heterocycles. The molecule has 1 N–H and O–H groups in total. The number of non-ortho nitro benzene ring substituents is 1. The molecule has 6 nitrogen and oxygen atoms in total. The zero-order valence-corrected chi connectivity index (χ0v) is 13.5. The van der Waals surface area contributed by atoms with Crippen LogP contribution in [0.5, 0.6) is 0 Å². The summed E-state index contributed by atoms with van der Waals surface area (Å²) in [4.78, 5) is 23.9. The highest BCUT2D eigenvalue weighted by molar-refractivity contribution is 6.22. The maximum absolute atomic E-state index is 14.5. The predicted molar refractivity (Wildman–Crippen MR) is 91.5 cm³/mol. The van der Waals surface area contributed by atoms with Gasteiger partial charge in [0.2, 0.25) is 0 Å². The number of nitrogens with zero attached hydrogens (tertiary/aromatic N) is 2. The van der Waals surface area contributed by atoms with Crippen LogP contribution in [0.1, 0.15) is 22.3 Å². The highest BCUT2D eigenvalue weighted by atomic mass is 19.1. The molecule has 1 aromatic heterocycles. The predicted octanol–water partition coefficient (Wildman–Crippen LogP) is 3.87. The number of aryl methyl sites for hydroxylation is 1. The molecule has 0 spiro atoms. The molecule has 0 saturated carbocycles. The van der Waals surface area contributed by atoms with Crippen LogP contribution >= 0.6 is 0 Å². The van der Waals surface area contributed by atoms with Crippen molar-refractivity contribution in [3.05, 3.63) is 69.3 Å². The number of nitrogens with one attached hydrogen (secondary N) is 1. The van der Waals surface area contributed by atoms with Crippen molar-refractivity contribution in [1.29, 1.82) is 0 Å². The maximum atomic E-state index is 14.5. The minimum atomic E-state index is -0.631. The number of fused-ring (bicyclic) bond motifs is 3. The molecule has 0 radical (unpaired) electrons. The van der Waals surface area contributed by atoms with E-state index in [0.29, 0.717) is 25.3 Å². The first-order valence-corrected chi connectivity index (χ1v) is 8.02. The van der Waals surface area contributed by atoms with Gasteiger partial charge in [0.25, 0.3) is 5.69 Å². The first-order chi connectivity index (χ1) is 12.5. The molecule has 0 bridgehead atoms. The molecular weight excluding hydrogens is 344 g/mol. The Bertz CT molecular complexity index is 1060. The number of ketones is 1. The van der Waals surface area contributed by atoms with Gasteiger partial charge in [0.1, 0.15) is 17.5 Å². The lowest BCUT2D eigenvalue weighted by Crippen LogP contribution is -2.18. The van der Waals surface area contributed by atoms with Crippen LogP contribution in [0.4, 0.5) is 20.3 Å². The molecule has 0 saturated heterocycles. The maximum Gasteiger partial charge on any atom is 0.279 e. The Morgan fingerprint density at radius 1 is 1.15 bits per heavy atom. The SMILES string of the molecule is O=C(c1ccc(F)cc1)c1c2n(c3c(F)ccc([N+](=O)[O-])c13)CCCN2. The van der Waals surface area contributed by atoms with Crippen LogP contribution in [0.3, 0.4) is 0 Å². The van der Waals surface area contributed by atoms with Gasteiger partial charge in [-0.3, -0.25) is 14.9 Å². The fraction of sp³-hybridized carbons (Fsp3) is 0.167. The molecule has 3 aromatic rings. The lowest BCUT2D eigenvalue weighted by atomic mass is 10.0. The highest BCUT2D eigenvalue weighted by Gasteiger charge is 2.32. The van der Waals surface area contributed by atoms with Crippen LogP contribution in [0, 0.1) is 21.7 Å². The van der Waals surface area contributed by atoms with E-state index < -0.39 is 22.3 Å². The van der Waals surface area contributed by atoms with E-state index >= 15 is 0 Å². The topological polar surface area (TPSA) is 77.2 Å². The molecular formula is C18H13F2N3O3. The summed E-state index contributed by atoms with van der Waals surface area (Å²) in [5, 5.41) is 14.5. The Hall–Kier alpha value is -3.29. The van der Waals surface area contributed by atoms with Gasteiger partial charge >= 0.3 is 0 Å². The van der Waals surface area contributed by atoms with Crippen molar-refractivity contribution >= 4 is 28.2 Å². The summed E-state index contributed by atoms with van der Waals surface area (Å²) in [5.41, 5.74) is -0.0902. The Morgan fingerprint density at radius 3 is 2.58 bits per heavy atom. The Kier molecular flexibility index (Phi) is 3.68. The number of benzene rings is 2. The molecule has 1 aliphatic heterocycles. The minimum Gasteiger partial charge on any atom is -0.371 e. The Labute approximate surface area is 146 Å². The number of aromatic nitrogens is 1. The smallest absolute Gasteiger partial charge is 0.279 e. The average molecular weight is 357 g/mol. The summed E-state index contributed by atoms with van der Waals surface area (Å²) >= 11 is 0. The zero-order valence-electron chi connectivity index (χ0n) is 13.5. The Morgan fingerprint density at radius 2 is 1.88 bits per heavy atom. The van der Waals surface area contributed by atoms with Gasteiger partial charge in [-0.15, -0.1) is 0 Å². The van der Waals surface area contributed by atoms with E-state index in [1.165, 1.54) is 12.1 Å². The van der Waals surface area contributed by atoms with E-state index in [1.807, 2.05) is 0 Å². The molecule has 0 amide bonds. The fourth-order valence-electron chi connectivity index (χ4n) is 3.40. The second-order valence-electron chi connectivity index (χ2n) is 6.04. The van der Waals surface area contributed by atoms with Crippen molar-refractivity contribution in [3.8, 4) is 0 Å². The third-order valence-electron chi connectivity index (χ3n) is 4.51. The number of nitro groups is 1. The second-order valence-corrected chi connectivity index (χ2v) is 6.04. The largest absolute Gasteiger partial charge is 0.371 e. The van der Waals surface area contributed by atoms with E-state index in [0.717, 1.165) is 24.3 Å². The van der Waals surface area contributed by atoms with Crippen LogP contribution in [0.15, 0.2) is 36.4 Å². The number of carbonyl (C=O) groups is 1. The van der Waals surface area contributed by atoms with E-state index in [1.54, 1.807) is 4.57 Å². The lowest BCUT2D eigenvalue weighted by molar-refractivity contribution is -0.383. The number of halogens is 2. The van der Waals surface area contributed by atoms with Crippen LogP contribution in [-0.2, 0) is 6.54 Å². The molecule has 8 heteroatoms. The summed E-state index contributed by atoms with van der Waals surface area (Å²) in [6.45, 7) is 1.00. The lowest BCUT2D eigenvalue weighted by Gasteiger charge is -2.19. The number of anilines is 1. The molecule has 0 atom stereocenters. The van der Waals surface area contributed by atoms with Gasteiger partial charge in [0.05, 0.1) is 21.4 Å². The molecule has 26 heavy (non-hydrogen) atoms. The molecule has 2 aromatic carbocycles. The third kappa shape index (κ3) is 2.33. The Balaban J connectivity index is 2.07. The van der Waals surface area contributed by atoms with Gasteiger partial charge in [-0.1, -0.05) is 0 Å².